The molecular formula is C25H41NO. The van der Waals surface area contributed by atoms with Crippen LogP contribution in [0.15, 0.2) is 12.2 Å². The monoisotopic (exact) mass is 371 g/mol. The lowest BCUT2D eigenvalue weighted by Crippen LogP contribution is -2.61. The summed E-state index contributed by atoms with van der Waals surface area (Å²) >= 11 is 0. The van der Waals surface area contributed by atoms with Crippen LogP contribution in [0.1, 0.15) is 91.4 Å². The predicted octanol–water partition coefficient (Wildman–Crippen LogP) is 6.21. The zero-order chi connectivity index (χ0) is 19.2. The Kier molecular flexibility index (Phi) is 5.23. The van der Waals surface area contributed by atoms with Gasteiger partial charge in [-0.15, -0.1) is 0 Å². The molecule has 4 aliphatic rings. The van der Waals surface area contributed by atoms with Gasteiger partial charge in [-0.3, -0.25) is 4.79 Å². The first-order chi connectivity index (χ1) is 12.9. The fourth-order valence-corrected chi connectivity index (χ4v) is 8.09. The molecule has 1 amide bonds. The second-order valence-electron chi connectivity index (χ2n) is 10.8. The fraction of sp³-hybridized carbons (Fsp3) is 0.880. The molecule has 1 saturated heterocycles. The summed E-state index contributed by atoms with van der Waals surface area (Å²) in [5, 5.41) is 0. The predicted molar refractivity (Wildman–Crippen MR) is 112 cm³/mol. The van der Waals surface area contributed by atoms with Gasteiger partial charge in [0, 0.05) is 19.5 Å². The van der Waals surface area contributed by atoms with Crippen LogP contribution in [0.2, 0.25) is 0 Å². The minimum atomic E-state index is 0.363. The first-order valence-electron chi connectivity index (χ1n) is 11.8. The summed E-state index contributed by atoms with van der Waals surface area (Å²) in [6.07, 6.45) is 19.1. The number of likely N-dealkylation sites (tertiary alicyclic amines) is 1. The molecule has 2 heteroatoms. The van der Waals surface area contributed by atoms with Gasteiger partial charge in [-0.2, -0.15) is 0 Å². The van der Waals surface area contributed by atoms with E-state index in [0.29, 0.717) is 22.8 Å². The quantitative estimate of drug-likeness (QED) is 0.425. The molecule has 7 atom stereocenters. The van der Waals surface area contributed by atoms with E-state index in [4.69, 9.17) is 0 Å². The summed E-state index contributed by atoms with van der Waals surface area (Å²) in [6, 6.07) is 0.496. The van der Waals surface area contributed by atoms with Crippen molar-refractivity contribution in [2.75, 3.05) is 7.05 Å². The number of carbonyl (C=O) groups excluding carboxylic acids is 1. The molecular weight excluding hydrogens is 330 g/mol. The molecule has 3 aliphatic carbocycles. The molecule has 4 fully saturated rings. The summed E-state index contributed by atoms with van der Waals surface area (Å²) in [7, 11) is 2.07. The van der Waals surface area contributed by atoms with Gasteiger partial charge in [0.25, 0.3) is 0 Å². The van der Waals surface area contributed by atoms with Crippen molar-refractivity contribution in [3.63, 3.8) is 0 Å². The highest BCUT2D eigenvalue weighted by atomic mass is 16.2. The Labute approximate surface area is 167 Å². The first kappa shape index (κ1) is 19.5. The van der Waals surface area contributed by atoms with Gasteiger partial charge in [0.05, 0.1) is 0 Å². The van der Waals surface area contributed by atoms with Crippen molar-refractivity contribution in [3.8, 4) is 0 Å². The van der Waals surface area contributed by atoms with Gasteiger partial charge in [0.1, 0.15) is 0 Å². The van der Waals surface area contributed by atoms with Crippen LogP contribution in [0.25, 0.3) is 0 Å². The topological polar surface area (TPSA) is 20.3 Å². The van der Waals surface area contributed by atoms with E-state index in [1.165, 1.54) is 57.8 Å². The van der Waals surface area contributed by atoms with Crippen molar-refractivity contribution in [2.45, 2.75) is 97.4 Å². The van der Waals surface area contributed by atoms with Crippen LogP contribution >= 0.6 is 0 Å². The molecule has 1 aliphatic heterocycles. The second-order valence-corrected chi connectivity index (χ2v) is 10.8. The minimum absolute atomic E-state index is 0.363. The van der Waals surface area contributed by atoms with Crippen LogP contribution in [0.5, 0.6) is 0 Å². The Morgan fingerprint density at radius 2 is 1.81 bits per heavy atom. The molecule has 27 heavy (non-hydrogen) atoms. The lowest BCUT2D eigenvalue weighted by Gasteiger charge is -2.61. The molecule has 152 valence electrons. The van der Waals surface area contributed by atoms with Crippen LogP contribution in [0, 0.1) is 34.5 Å². The highest BCUT2D eigenvalue weighted by molar-refractivity contribution is 5.77. The molecule has 0 N–H and O–H groups in total. The number of hydrogen-bond donors (Lipinski definition) is 0. The number of nitrogens with zero attached hydrogens (tertiary/aromatic N) is 1. The molecule has 0 aromatic heterocycles. The van der Waals surface area contributed by atoms with Crippen LogP contribution in [-0.2, 0) is 4.79 Å². The fourth-order valence-electron chi connectivity index (χ4n) is 8.09. The third kappa shape index (κ3) is 3.01. The molecule has 0 aromatic carbocycles. The summed E-state index contributed by atoms with van der Waals surface area (Å²) in [6.45, 7) is 7.45. The van der Waals surface area contributed by atoms with Gasteiger partial charge in [0.2, 0.25) is 5.91 Å². The number of unbranched alkanes of at least 4 members (excludes halogenated alkanes) is 2. The number of amides is 1. The second kappa shape index (κ2) is 7.23. The zero-order valence-electron chi connectivity index (χ0n) is 18.2. The van der Waals surface area contributed by atoms with E-state index in [0.717, 1.165) is 36.5 Å². The molecule has 0 spiro atoms. The van der Waals surface area contributed by atoms with Crippen LogP contribution in [0.4, 0.5) is 0 Å². The SMILES string of the molecule is CCCCC=CC1CC[C@H]2[C@@H]3CCC4N(C)C(=O)CC[C@]4(C)[C@@H]3CC[C@]12C. The maximum atomic E-state index is 12.3. The van der Waals surface area contributed by atoms with Crippen molar-refractivity contribution in [2.24, 2.45) is 34.5 Å². The van der Waals surface area contributed by atoms with E-state index in [2.05, 4.69) is 44.9 Å². The normalized spacial score (nSPS) is 47.0. The Morgan fingerprint density at radius 3 is 2.59 bits per heavy atom. The van der Waals surface area contributed by atoms with E-state index < -0.39 is 0 Å². The highest BCUT2D eigenvalue weighted by Crippen LogP contribution is 2.66. The van der Waals surface area contributed by atoms with Gasteiger partial charge in [-0.05, 0) is 85.9 Å². The van der Waals surface area contributed by atoms with Crippen LogP contribution in [0.3, 0.4) is 0 Å². The number of hydrogen-bond acceptors (Lipinski definition) is 1. The third-order valence-corrected chi connectivity index (χ3v) is 9.72. The number of carbonyl (C=O) groups is 1. The number of rotatable bonds is 4. The molecule has 0 radical (unpaired) electrons. The summed E-state index contributed by atoms with van der Waals surface area (Å²) < 4.78 is 0. The van der Waals surface area contributed by atoms with Crippen molar-refractivity contribution in [3.05, 3.63) is 12.2 Å². The molecule has 0 aromatic rings. The van der Waals surface area contributed by atoms with E-state index in [-0.39, 0.29) is 0 Å². The molecule has 1 heterocycles. The standard InChI is InChI=1S/C25H41NO/c1-5-6-7-8-9-18-10-12-20-19-11-13-22-25(3,17-15-23(27)26(22)4)21(19)14-16-24(18,20)2/h8-9,18-22H,5-7,10-17H2,1-4H3/t18?,19-,20-,21+,22?,24+,25+/m0/s1. The minimum Gasteiger partial charge on any atom is -0.342 e. The first-order valence-corrected chi connectivity index (χ1v) is 11.8. The van der Waals surface area contributed by atoms with Crippen molar-refractivity contribution < 1.29 is 4.79 Å². The molecule has 4 rings (SSSR count). The smallest absolute Gasteiger partial charge is 0.222 e. The lowest BCUT2D eigenvalue weighted by molar-refractivity contribution is -0.157. The van der Waals surface area contributed by atoms with Crippen molar-refractivity contribution >= 4 is 5.91 Å². The number of fused-ring (bicyclic) bond motifs is 5. The molecule has 2 unspecified atom stereocenters. The average molecular weight is 372 g/mol. The molecule has 2 nitrogen and oxygen atoms in total. The van der Waals surface area contributed by atoms with E-state index in [9.17, 15) is 4.79 Å². The van der Waals surface area contributed by atoms with Crippen LogP contribution < -0.4 is 0 Å². The summed E-state index contributed by atoms with van der Waals surface area (Å²) in [5.74, 6) is 3.85. The summed E-state index contributed by atoms with van der Waals surface area (Å²) in [5.41, 5.74) is 0.894. The Morgan fingerprint density at radius 1 is 1.04 bits per heavy atom. The van der Waals surface area contributed by atoms with E-state index in [1.807, 2.05) is 0 Å². The van der Waals surface area contributed by atoms with Gasteiger partial charge in [-0.25, -0.2) is 0 Å². The van der Waals surface area contributed by atoms with Gasteiger partial charge in [-0.1, -0.05) is 45.8 Å². The number of allylic oxidation sites excluding steroid dienone is 2. The average Bonchev–Trinajstić information content (AvgIpc) is 2.99. The molecule has 0 bridgehead atoms. The Balaban J connectivity index is 1.52. The van der Waals surface area contributed by atoms with Crippen molar-refractivity contribution in [1.29, 1.82) is 0 Å². The van der Waals surface area contributed by atoms with E-state index >= 15 is 0 Å². The lowest BCUT2D eigenvalue weighted by atomic mass is 9.47. The maximum Gasteiger partial charge on any atom is 0.222 e. The molecule has 3 saturated carbocycles. The van der Waals surface area contributed by atoms with Gasteiger partial charge in [0.15, 0.2) is 0 Å². The van der Waals surface area contributed by atoms with Gasteiger partial charge >= 0.3 is 0 Å². The van der Waals surface area contributed by atoms with Gasteiger partial charge < -0.3 is 4.90 Å². The maximum absolute atomic E-state index is 12.3. The van der Waals surface area contributed by atoms with Crippen LogP contribution in [-0.4, -0.2) is 23.9 Å². The summed E-state index contributed by atoms with van der Waals surface area (Å²) in [4.78, 5) is 14.4. The Hall–Kier alpha value is -0.790. The third-order valence-electron chi connectivity index (χ3n) is 9.72. The Bertz CT molecular complexity index is 597. The number of piperidine rings is 1. The zero-order valence-corrected chi connectivity index (χ0v) is 18.2. The van der Waals surface area contributed by atoms with Crippen molar-refractivity contribution in [1.82, 2.24) is 4.90 Å². The largest absolute Gasteiger partial charge is 0.342 e. The van der Waals surface area contributed by atoms with E-state index in [1.54, 1.807) is 0 Å². The highest BCUT2D eigenvalue weighted by Gasteiger charge is 2.60.